The predicted octanol–water partition coefficient (Wildman–Crippen LogP) is 3.66. The normalized spacial score (nSPS) is 23.8. The summed E-state index contributed by atoms with van der Waals surface area (Å²) in [5.74, 6) is 5.97. The molecule has 24 heavy (non-hydrogen) atoms. The Kier molecular flexibility index (Phi) is 3.40. The molecule has 0 amide bonds. The highest BCUT2D eigenvalue weighted by atomic mass is 32.1. The molecule has 5 heteroatoms. The van der Waals surface area contributed by atoms with Crippen molar-refractivity contribution in [1.82, 2.24) is 4.98 Å². The molecule has 1 saturated carbocycles. The third kappa shape index (κ3) is 2.67. The molecule has 0 saturated heterocycles. The third-order valence-corrected chi connectivity index (χ3v) is 5.81. The monoisotopic (exact) mass is 337 g/mol. The number of rotatable bonds is 2. The van der Waals surface area contributed by atoms with Crippen LogP contribution in [-0.4, -0.2) is 16.6 Å². The molecule has 3 heterocycles. The summed E-state index contributed by atoms with van der Waals surface area (Å²) in [6.07, 6.45) is 6.69. The number of hydrogen-bond acceptors (Lipinski definition) is 5. The van der Waals surface area contributed by atoms with Crippen molar-refractivity contribution in [2.45, 2.75) is 44.2 Å². The van der Waals surface area contributed by atoms with Gasteiger partial charge in [-0.3, -0.25) is 4.98 Å². The standard InChI is InChI=1S/C19H19N3OS/c1-3-4-13-7-14(10-21-9-13)15-8-16(24-11-15)18(2)12-19(5-6-19)23-17(20)22-18/h7-11H,5-6,12H2,1-2H3,(H2,20,22). The van der Waals surface area contributed by atoms with Gasteiger partial charge in [-0.25, -0.2) is 4.99 Å². The van der Waals surface area contributed by atoms with Crippen molar-refractivity contribution < 1.29 is 4.74 Å². The van der Waals surface area contributed by atoms with E-state index in [1.165, 1.54) is 4.88 Å². The van der Waals surface area contributed by atoms with Crippen molar-refractivity contribution >= 4 is 17.4 Å². The Morgan fingerprint density at radius 3 is 2.83 bits per heavy atom. The first-order chi connectivity index (χ1) is 11.5. The van der Waals surface area contributed by atoms with E-state index in [4.69, 9.17) is 10.5 Å². The van der Waals surface area contributed by atoms with Crippen LogP contribution in [-0.2, 0) is 10.3 Å². The molecule has 4 nitrogen and oxygen atoms in total. The summed E-state index contributed by atoms with van der Waals surface area (Å²) in [4.78, 5) is 10.1. The van der Waals surface area contributed by atoms with E-state index in [2.05, 4.69) is 46.3 Å². The maximum absolute atomic E-state index is 5.94. The summed E-state index contributed by atoms with van der Waals surface area (Å²) < 4.78 is 5.74. The Morgan fingerprint density at radius 2 is 2.08 bits per heavy atom. The van der Waals surface area contributed by atoms with Crippen molar-refractivity contribution in [3.8, 4) is 23.0 Å². The number of nitrogens with zero attached hydrogens (tertiary/aromatic N) is 2. The Morgan fingerprint density at radius 1 is 1.25 bits per heavy atom. The Labute approximate surface area is 145 Å². The minimum atomic E-state index is -0.310. The Bertz CT molecular complexity index is 885. The van der Waals surface area contributed by atoms with Gasteiger partial charge in [-0.15, -0.1) is 17.3 Å². The molecule has 122 valence electrons. The number of amidine groups is 1. The smallest absolute Gasteiger partial charge is 0.283 e. The highest BCUT2D eigenvalue weighted by molar-refractivity contribution is 7.10. The number of aromatic nitrogens is 1. The average molecular weight is 337 g/mol. The van der Waals surface area contributed by atoms with Crippen molar-refractivity contribution in [2.75, 3.05) is 0 Å². The van der Waals surface area contributed by atoms with Gasteiger partial charge in [-0.2, -0.15) is 0 Å². The topological polar surface area (TPSA) is 60.5 Å². The SMILES string of the molecule is CC#Cc1cncc(-c2csc(C3(C)CC4(CC4)OC(N)=N3)c2)c1. The lowest BCUT2D eigenvalue weighted by atomic mass is 9.90. The summed E-state index contributed by atoms with van der Waals surface area (Å²) in [5.41, 5.74) is 8.70. The number of hydrogen-bond donors (Lipinski definition) is 1. The van der Waals surface area contributed by atoms with Gasteiger partial charge in [0, 0.05) is 34.8 Å². The van der Waals surface area contributed by atoms with Crippen molar-refractivity contribution in [3.05, 3.63) is 40.3 Å². The fourth-order valence-electron chi connectivity index (χ4n) is 3.33. The van der Waals surface area contributed by atoms with E-state index in [0.29, 0.717) is 6.02 Å². The summed E-state index contributed by atoms with van der Waals surface area (Å²) in [5, 5.41) is 2.15. The van der Waals surface area contributed by atoms with Crippen LogP contribution in [0.2, 0.25) is 0 Å². The van der Waals surface area contributed by atoms with Crippen LogP contribution >= 0.6 is 11.3 Å². The number of aliphatic imine (C=N–C) groups is 1. The molecule has 1 aliphatic carbocycles. The fourth-order valence-corrected chi connectivity index (χ4v) is 4.36. The van der Waals surface area contributed by atoms with Gasteiger partial charge in [-0.05, 0) is 49.8 Å². The molecule has 2 aromatic heterocycles. The first-order valence-electron chi connectivity index (χ1n) is 8.04. The van der Waals surface area contributed by atoms with Crippen molar-refractivity contribution in [2.24, 2.45) is 10.7 Å². The molecule has 2 N–H and O–H groups in total. The van der Waals surface area contributed by atoms with E-state index < -0.39 is 0 Å². The summed E-state index contributed by atoms with van der Waals surface area (Å²) in [7, 11) is 0. The van der Waals surface area contributed by atoms with Crippen molar-refractivity contribution in [3.63, 3.8) is 0 Å². The molecule has 2 aliphatic rings. The molecule has 2 aromatic rings. The van der Waals surface area contributed by atoms with Crippen LogP contribution in [0.3, 0.4) is 0 Å². The highest BCUT2D eigenvalue weighted by Gasteiger charge is 2.54. The van der Waals surface area contributed by atoms with Crippen LogP contribution in [0.15, 0.2) is 34.9 Å². The van der Waals surface area contributed by atoms with Crippen LogP contribution in [0.4, 0.5) is 0 Å². The molecule has 4 rings (SSSR count). The van der Waals surface area contributed by atoms with E-state index in [1.54, 1.807) is 17.5 Å². The third-order valence-electron chi connectivity index (χ3n) is 4.62. The Balaban J connectivity index is 1.68. The number of ether oxygens (including phenoxy) is 1. The van der Waals surface area contributed by atoms with Gasteiger partial charge in [0.2, 0.25) is 0 Å². The lowest BCUT2D eigenvalue weighted by Gasteiger charge is -2.34. The van der Waals surface area contributed by atoms with Gasteiger partial charge in [0.05, 0.1) is 0 Å². The zero-order valence-electron chi connectivity index (χ0n) is 13.8. The quantitative estimate of drug-likeness (QED) is 0.851. The van der Waals surface area contributed by atoms with Crippen LogP contribution in [0.25, 0.3) is 11.1 Å². The van der Waals surface area contributed by atoms with Crippen LogP contribution in [0, 0.1) is 11.8 Å². The van der Waals surface area contributed by atoms with Crippen molar-refractivity contribution in [1.29, 1.82) is 0 Å². The van der Waals surface area contributed by atoms with Gasteiger partial charge in [-0.1, -0.05) is 5.92 Å². The van der Waals surface area contributed by atoms with E-state index in [-0.39, 0.29) is 11.1 Å². The zero-order valence-corrected chi connectivity index (χ0v) is 14.6. The second-order valence-electron chi connectivity index (χ2n) is 6.72. The molecular weight excluding hydrogens is 318 g/mol. The van der Waals surface area contributed by atoms with E-state index in [0.717, 1.165) is 36.0 Å². The van der Waals surface area contributed by atoms with Gasteiger partial charge < -0.3 is 10.5 Å². The molecule has 0 bridgehead atoms. The van der Waals surface area contributed by atoms with E-state index >= 15 is 0 Å². The van der Waals surface area contributed by atoms with Gasteiger partial charge >= 0.3 is 0 Å². The molecule has 1 spiro atoms. The molecule has 1 atom stereocenters. The molecule has 0 aromatic carbocycles. The first-order valence-corrected chi connectivity index (χ1v) is 8.91. The maximum atomic E-state index is 5.94. The molecular formula is C19H19N3OS. The fraction of sp³-hybridized carbons (Fsp3) is 0.368. The number of thiophene rings is 1. The molecule has 0 radical (unpaired) electrons. The average Bonchev–Trinajstić information content (AvgIpc) is 3.08. The Hall–Kier alpha value is -2.32. The minimum absolute atomic E-state index is 0.0804. The lowest BCUT2D eigenvalue weighted by molar-refractivity contribution is 0.0985. The maximum Gasteiger partial charge on any atom is 0.283 e. The molecule has 1 unspecified atom stereocenters. The summed E-state index contributed by atoms with van der Waals surface area (Å²) in [6, 6.07) is 4.59. The van der Waals surface area contributed by atoms with Crippen LogP contribution < -0.4 is 5.73 Å². The van der Waals surface area contributed by atoms with Crippen LogP contribution in [0.5, 0.6) is 0 Å². The van der Waals surface area contributed by atoms with Gasteiger partial charge in [0.15, 0.2) is 0 Å². The zero-order chi connectivity index (χ0) is 16.8. The summed E-state index contributed by atoms with van der Waals surface area (Å²) in [6.45, 7) is 3.98. The predicted molar refractivity (Wildman–Crippen MR) is 96.7 cm³/mol. The second-order valence-corrected chi connectivity index (χ2v) is 7.63. The molecule has 1 aliphatic heterocycles. The number of pyridine rings is 1. The summed E-state index contributed by atoms with van der Waals surface area (Å²) >= 11 is 1.72. The van der Waals surface area contributed by atoms with Gasteiger partial charge in [0.1, 0.15) is 11.1 Å². The first kappa shape index (κ1) is 15.2. The van der Waals surface area contributed by atoms with E-state index in [1.807, 2.05) is 13.1 Å². The second kappa shape index (κ2) is 5.35. The highest BCUT2D eigenvalue weighted by Crippen LogP contribution is 2.52. The van der Waals surface area contributed by atoms with Gasteiger partial charge in [0.25, 0.3) is 6.02 Å². The largest absolute Gasteiger partial charge is 0.459 e. The van der Waals surface area contributed by atoms with E-state index in [9.17, 15) is 0 Å². The minimum Gasteiger partial charge on any atom is -0.459 e. The number of nitrogens with two attached hydrogens (primary N) is 1. The molecule has 1 fully saturated rings. The van der Waals surface area contributed by atoms with Crippen LogP contribution in [0.1, 0.15) is 43.6 Å². The lowest BCUT2D eigenvalue weighted by Crippen LogP contribution is -2.40.